The highest BCUT2D eigenvalue weighted by molar-refractivity contribution is 5.82. The fourth-order valence-corrected chi connectivity index (χ4v) is 1.51. The molecule has 1 amide bonds. The first-order valence-corrected chi connectivity index (χ1v) is 5.07. The Morgan fingerprint density at radius 2 is 1.76 bits per heavy atom. The van der Waals surface area contributed by atoms with Crippen molar-refractivity contribution in [2.24, 2.45) is 11.3 Å². The molecule has 100 valence electrons. The summed E-state index contributed by atoms with van der Waals surface area (Å²) in [4.78, 5) is 21.6. The topological polar surface area (TPSA) is 66.4 Å². The molecular formula is C10H16F3NO3. The maximum Gasteiger partial charge on any atom is 0.471 e. The summed E-state index contributed by atoms with van der Waals surface area (Å²) in [6.45, 7) is 4.28. The van der Waals surface area contributed by atoms with Crippen LogP contribution in [0.5, 0.6) is 0 Å². The summed E-state index contributed by atoms with van der Waals surface area (Å²) in [5.41, 5.74) is -1.39. The van der Waals surface area contributed by atoms with Gasteiger partial charge in [0.2, 0.25) is 0 Å². The molecule has 0 aromatic rings. The molecule has 2 N–H and O–H groups in total. The maximum absolute atomic E-state index is 11.9. The first-order valence-electron chi connectivity index (χ1n) is 5.07. The molecule has 0 heterocycles. The van der Waals surface area contributed by atoms with E-state index < -0.39 is 30.0 Å². The van der Waals surface area contributed by atoms with Gasteiger partial charge in [-0.3, -0.25) is 9.59 Å². The van der Waals surface area contributed by atoms with Crippen molar-refractivity contribution in [2.45, 2.75) is 33.4 Å². The van der Waals surface area contributed by atoms with Gasteiger partial charge in [-0.05, 0) is 19.3 Å². The van der Waals surface area contributed by atoms with E-state index in [0.29, 0.717) is 0 Å². The smallest absolute Gasteiger partial charge is 0.471 e. The van der Waals surface area contributed by atoms with Crippen LogP contribution in [0.2, 0.25) is 0 Å². The van der Waals surface area contributed by atoms with Crippen LogP contribution in [0.15, 0.2) is 0 Å². The molecule has 0 aromatic heterocycles. The molecule has 0 aliphatic carbocycles. The van der Waals surface area contributed by atoms with Gasteiger partial charge in [0, 0.05) is 6.54 Å². The van der Waals surface area contributed by atoms with Crippen molar-refractivity contribution < 1.29 is 27.9 Å². The Kier molecular flexibility index (Phi) is 4.97. The zero-order valence-corrected chi connectivity index (χ0v) is 9.89. The second-order valence-corrected chi connectivity index (χ2v) is 4.64. The van der Waals surface area contributed by atoms with Crippen LogP contribution in [-0.4, -0.2) is 29.7 Å². The number of hydrogen-bond acceptors (Lipinski definition) is 2. The quantitative estimate of drug-likeness (QED) is 0.787. The minimum Gasteiger partial charge on any atom is -0.481 e. The molecule has 0 saturated heterocycles. The summed E-state index contributed by atoms with van der Waals surface area (Å²) in [6.07, 6.45) is -4.81. The van der Waals surface area contributed by atoms with Gasteiger partial charge < -0.3 is 10.4 Å². The Morgan fingerprint density at radius 1 is 1.29 bits per heavy atom. The molecule has 0 radical (unpaired) electrons. The van der Waals surface area contributed by atoms with Crippen LogP contribution >= 0.6 is 0 Å². The Balaban J connectivity index is 4.59. The third kappa shape index (κ3) is 5.06. The van der Waals surface area contributed by atoms with Crippen molar-refractivity contribution in [1.29, 1.82) is 0 Å². The number of halogens is 3. The molecule has 1 unspecified atom stereocenters. The SMILES string of the molecule is CC(C)CC(C)(CNC(=O)C(F)(F)F)C(=O)O. The van der Waals surface area contributed by atoms with E-state index in [1.165, 1.54) is 6.92 Å². The number of carboxylic acid groups (broad SMARTS) is 1. The predicted octanol–water partition coefficient (Wildman–Crippen LogP) is 1.80. The predicted molar refractivity (Wildman–Crippen MR) is 54.3 cm³/mol. The first-order chi connectivity index (χ1) is 7.49. The normalized spacial score (nSPS) is 15.5. The molecule has 7 heteroatoms. The Hall–Kier alpha value is -1.27. The molecule has 0 aliphatic rings. The number of carbonyl (C=O) groups is 2. The molecule has 0 spiro atoms. The average Bonchev–Trinajstić information content (AvgIpc) is 2.11. The summed E-state index contributed by atoms with van der Waals surface area (Å²) in [7, 11) is 0. The minimum atomic E-state index is -4.99. The van der Waals surface area contributed by atoms with Gasteiger partial charge in [0.1, 0.15) is 0 Å². The number of rotatable bonds is 5. The molecule has 17 heavy (non-hydrogen) atoms. The number of nitrogens with one attached hydrogen (secondary N) is 1. The van der Waals surface area contributed by atoms with Crippen molar-refractivity contribution in [1.82, 2.24) is 5.32 Å². The minimum absolute atomic E-state index is 0.00103. The van der Waals surface area contributed by atoms with Gasteiger partial charge in [-0.1, -0.05) is 13.8 Å². The van der Waals surface area contributed by atoms with Crippen molar-refractivity contribution in [2.75, 3.05) is 6.54 Å². The van der Waals surface area contributed by atoms with E-state index in [4.69, 9.17) is 5.11 Å². The maximum atomic E-state index is 11.9. The van der Waals surface area contributed by atoms with E-state index in [0.717, 1.165) is 0 Å². The van der Waals surface area contributed by atoms with Crippen molar-refractivity contribution in [3.05, 3.63) is 0 Å². The number of amides is 1. The third-order valence-electron chi connectivity index (χ3n) is 2.27. The number of aliphatic carboxylic acids is 1. The number of carbonyl (C=O) groups excluding carboxylic acids is 1. The molecule has 1 atom stereocenters. The zero-order chi connectivity index (χ0) is 13.9. The van der Waals surface area contributed by atoms with Crippen LogP contribution in [0.4, 0.5) is 13.2 Å². The number of carboxylic acids is 1. The highest BCUT2D eigenvalue weighted by Crippen LogP contribution is 2.26. The molecule has 0 aromatic carbocycles. The zero-order valence-electron chi connectivity index (χ0n) is 9.89. The Labute approximate surface area is 97.2 Å². The van der Waals surface area contributed by atoms with Gasteiger partial charge in [-0.25, -0.2) is 0 Å². The lowest BCUT2D eigenvalue weighted by Crippen LogP contribution is -2.46. The second-order valence-electron chi connectivity index (χ2n) is 4.64. The monoisotopic (exact) mass is 255 g/mol. The van der Waals surface area contributed by atoms with E-state index in [-0.39, 0.29) is 12.3 Å². The van der Waals surface area contributed by atoms with E-state index in [9.17, 15) is 22.8 Å². The standard InChI is InChI=1S/C10H16F3NO3/c1-6(2)4-9(3,8(16)17)5-14-7(15)10(11,12)13/h6H,4-5H2,1-3H3,(H,14,15)(H,16,17). The molecule has 0 bridgehead atoms. The van der Waals surface area contributed by atoms with Crippen LogP contribution in [0.3, 0.4) is 0 Å². The lowest BCUT2D eigenvalue weighted by atomic mass is 9.82. The highest BCUT2D eigenvalue weighted by atomic mass is 19.4. The average molecular weight is 255 g/mol. The van der Waals surface area contributed by atoms with Crippen LogP contribution in [-0.2, 0) is 9.59 Å². The van der Waals surface area contributed by atoms with Crippen molar-refractivity contribution >= 4 is 11.9 Å². The molecule has 0 aliphatic heterocycles. The summed E-state index contributed by atoms with van der Waals surface area (Å²) in [5, 5.41) is 10.6. The summed E-state index contributed by atoms with van der Waals surface area (Å²) < 4.78 is 35.8. The van der Waals surface area contributed by atoms with Gasteiger partial charge in [0.25, 0.3) is 0 Å². The van der Waals surface area contributed by atoms with Crippen LogP contribution in [0.1, 0.15) is 27.2 Å². The number of alkyl halides is 3. The molecular weight excluding hydrogens is 239 g/mol. The molecule has 0 fully saturated rings. The fourth-order valence-electron chi connectivity index (χ4n) is 1.51. The molecule has 4 nitrogen and oxygen atoms in total. The van der Waals surface area contributed by atoms with Gasteiger partial charge in [0.15, 0.2) is 0 Å². The van der Waals surface area contributed by atoms with E-state index >= 15 is 0 Å². The van der Waals surface area contributed by atoms with Crippen molar-refractivity contribution in [3.63, 3.8) is 0 Å². The molecule has 0 saturated carbocycles. The van der Waals surface area contributed by atoms with E-state index in [2.05, 4.69) is 0 Å². The third-order valence-corrected chi connectivity index (χ3v) is 2.27. The Morgan fingerprint density at radius 3 is 2.06 bits per heavy atom. The van der Waals surface area contributed by atoms with Crippen LogP contribution in [0.25, 0.3) is 0 Å². The van der Waals surface area contributed by atoms with Crippen molar-refractivity contribution in [3.8, 4) is 0 Å². The lowest BCUT2D eigenvalue weighted by molar-refractivity contribution is -0.174. The van der Waals surface area contributed by atoms with Gasteiger partial charge in [-0.15, -0.1) is 0 Å². The van der Waals surface area contributed by atoms with Crippen LogP contribution in [0, 0.1) is 11.3 Å². The van der Waals surface area contributed by atoms with Gasteiger partial charge in [-0.2, -0.15) is 13.2 Å². The van der Waals surface area contributed by atoms with Gasteiger partial charge >= 0.3 is 18.1 Å². The summed E-state index contributed by atoms with van der Waals surface area (Å²) >= 11 is 0. The largest absolute Gasteiger partial charge is 0.481 e. The van der Waals surface area contributed by atoms with Gasteiger partial charge in [0.05, 0.1) is 5.41 Å². The lowest BCUT2D eigenvalue weighted by Gasteiger charge is -2.27. The highest BCUT2D eigenvalue weighted by Gasteiger charge is 2.41. The number of hydrogen-bond donors (Lipinski definition) is 2. The summed E-state index contributed by atoms with van der Waals surface area (Å²) in [5.74, 6) is -3.35. The Bertz CT molecular complexity index is 302. The fraction of sp³-hybridized carbons (Fsp3) is 0.800. The second kappa shape index (κ2) is 5.37. The summed E-state index contributed by atoms with van der Waals surface area (Å²) in [6, 6.07) is 0. The van der Waals surface area contributed by atoms with E-state index in [1.54, 1.807) is 19.2 Å². The van der Waals surface area contributed by atoms with Crippen LogP contribution < -0.4 is 5.32 Å². The molecule has 0 rings (SSSR count). The van der Waals surface area contributed by atoms with E-state index in [1.807, 2.05) is 0 Å². The first kappa shape index (κ1) is 15.7.